The van der Waals surface area contributed by atoms with Crippen LogP contribution in [0.5, 0.6) is 0 Å². The number of esters is 1. The minimum absolute atomic E-state index is 0.135. The van der Waals surface area contributed by atoms with E-state index in [1.807, 2.05) is 0 Å². The van der Waals surface area contributed by atoms with Gasteiger partial charge in [0.1, 0.15) is 5.56 Å². The molecule has 0 saturated carbocycles. The fourth-order valence-electron chi connectivity index (χ4n) is 1.56. The number of sulfonamides is 1. The van der Waals surface area contributed by atoms with Gasteiger partial charge < -0.3 is 4.74 Å². The Morgan fingerprint density at radius 1 is 1.57 bits per heavy atom. The highest BCUT2D eigenvalue weighted by atomic mass is 32.2. The number of carbonyl (C=O) groups excluding carboxylic acids is 1. The Bertz CT molecular complexity index is 611. The highest BCUT2D eigenvalue weighted by Gasteiger charge is 2.27. The molecule has 0 aliphatic heterocycles. The lowest BCUT2D eigenvalue weighted by atomic mass is 10.3. The van der Waals surface area contributed by atoms with Gasteiger partial charge >= 0.3 is 5.97 Å². The van der Waals surface area contributed by atoms with Gasteiger partial charge in [-0.3, -0.25) is 9.31 Å². The molecule has 0 saturated heterocycles. The molecule has 0 radical (unpaired) electrons. The number of rotatable bonds is 8. The van der Waals surface area contributed by atoms with Crippen LogP contribution in [0.2, 0.25) is 0 Å². The lowest BCUT2D eigenvalue weighted by Crippen LogP contribution is -2.34. The molecule has 2 N–H and O–H groups in total. The van der Waals surface area contributed by atoms with Crippen LogP contribution >= 0.6 is 0 Å². The molecule has 0 aromatic carbocycles. The molecule has 2 unspecified atom stereocenters. The first-order valence-corrected chi connectivity index (χ1v) is 9.51. The summed E-state index contributed by atoms with van der Waals surface area (Å²) >= 11 is 0. The Balaban J connectivity index is 2.86. The molecule has 0 fully saturated rings. The van der Waals surface area contributed by atoms with Crippen molar-refractivity contribution < 1.29 is 22.2 Å². The Morgan fingerprint density at radius 2 is 2.24 bits per heavy atom. The summed E-state index contributed by atoms with van der Waals surface area (Å²) in [5, 5.41) is 5.55. The summed E-state index contributed by atoms with van der Waals surface area (Å²) in [4.78, 5) is 11.7. The van der Waals surface area contributed by atoms with E-state index in [1.165, 1.54) is 0 Å². The van der Waals surface area contributed by atoms with Crippen LogP contribution in [0.4, 0.5) is 0 Å². The third-order valence-corrected chi connectivity index (χ3v) is 4.94. The molecule has 0 amide bonds. The lowest BCUT2D eigenvalue weighted by molar-refractivity contribution is 0.0522. The number of H-pyrrole nitrogens is 1. The Hall–Kier alpha value is -1.26. The van der Waals surface area contributed by atoms with Crippen LogP contribution in [0.3, 0.4) is 0 Å². The highest BCUT2D eigenvalue weighted by molar-refractivity contribution is 7.89. The van der Waals surface area contributed by atoms with Gasteiger partial charge in [-0.05, 0) is 20.3 Å². The van der Waals surface area contributed by atoms with Crippen molar-refractivity contribution >= 4 is 26.8 Å². The molecule has 0 aliphatic carbocycles. The molecule has 1 rings (SSSR count). The number of ether oxygens (including phenoxy) is 1. The number of nitrogens with zero attached hydrogens (tertiary/aromatic N) is 1. The van der Waals surface area contributed by atoms with E-state index in [0.29, 0.717) is 12.2 Å². The number of aromatic nitrogens is 2. The molecule has 0 aliphatic rings. The van der Waals surface area contributed by atoms with Gasteiger partial charge in [-0.25, -0.2) is 17.9 Å². The van der Waals surface area contributed by atoms with Crippen molar-refractivity contribution in [2.45, 2.75) is 31.3 Å². The van der Waals surface area contributed by atoms with Gasteiger partial charge in [0, 0.05) is 28.9 Å². The SMILES string of the molecule is CCOC(=O)c1cn[nH]c1S(=O)(=O)NC(C)CCS(C)=O. The van der Waals surface area contributed by atoms with Crippen LogP contribution in [0.15, 0.2) is 11.2 Å². The van der Waals surface area contributed by atoms with Gasteiger partial charge in [0.25, 0.3) is 10.0 Å². The van der Waals surface area contributed by atoms with Crippen LogP contribution in [0.25, 0.3) is 0 Å². The zero-order valence-corrected chi connectivity index (χ0v) is 13.7. The average molecular weight is 337 g/mol. The van der Waals surface area contributed by atoms with E-state index >= 15 is 0 Å². The molecule has 8 nitrogen and oxygen atoms in total. The quantitative estimate of drug-likeness (QED) is 0.646. The first-order chi connectivity index (χ1) is 9.77. The van der Waals surface area contributed by atoms with Crippen LogP contribution in [-0.4, -0.2) is 53.5 Å². The van der Waals surface area contributed by atoms with Gasteiger partial charge in [0.05, 0.1) is 12.8 Å². The van der Waals surface area contributed by atoms with Gasteiger partial charge in [0.2, 0.25) is 0 Å². The van der Waals surface area contributed by atoms with E-state index in [4.69, 9.17) is 4.74 Å². The summed E-state index contributed by atoms with van der Waals surface area (Å²) in [6.45, 7) is 3.41. The number of hydrogen-bond acceptors (Lipinski definition) is 6. The van der Waals surface area contributed by atoms with Crippen LogP contribution in [0.1, 0.15) is 30.6 Å². The topological polar surface area (TPSA) is 118 Å². The molecule has 10 heteroatoms. The number of carbonyl (C=O) groups is 1. The van der Waals surface area contributed by atoms with E-state index < -0.39 is 32.8 Å². The number of hydrogen-bond donors (Lipinski definition) is 2. The van der Waals surface area contributed by atoms with Crippen LogP contribution in [-0.2, 0) is 25.6 Å². The summed E-state index contributed by atoms with van der Waals surface area (Å²) in [5.74, 6) is -0.369. The Kier molecular flexibility index (Phi) is 6.49. The van der Waals surface area contributed by atoms with E-state index in [2.05, 4.69) is 14.9 Å². The van der Waals surface area contributed by atoms with Crippen molar-refractivity contribution in [2.24, 2.45) is 0 Å². The van der Waals surface area contributed by atoms with Crippen molar-refractivity contribution in [1.29, 1.82) is 0 Å². The van der Waals surface area contributed by atoms with E-state index in [-0.39, 0.29) is 17.2 Å². The molecule has 120 valence electrons. The molecule has 0 bridgehead atoms. The average Bonchev–Trinajstić information content (AvgIpc) is 2.86. The molecular formula is C11H19N3O5S2. The molecular weight excluding hydrogens is 318 g/mol. The zero-order chi connectivity index (χ0) is 16.0. The third-order valence-electron chi connectivity index (χ3n) is 2.56. The first kappa shape index (κ1) is 17.8. The molecule has 1 aromatic rings. The summed E-state index contributed by atoms with van der Waals surface area (Å²) in [7, 11) is -4.92. The maximum Gasteiger partial charge on any atom is 0.342 e. The first-order valence-electron chi connectivity index (χ1n) is 6.30. The second-order valence-electron chi connectivity index (χ2n) is 4.42. The summed E-state index contributed by atoms with van der Waals surface area (Å²) in [5.41, 5.74) is -0.143. The van der Waals surface area contributed by atoms with Crippen LogP contribution in [0, 0.1) is 0 Å². The van der Waals surface area contributed by atoms with Crippen molar-refractivity contribution in [3.05, 3.63) is 11.8 Å². The summed E-state index contributed by atoms with van der Waals surface area (Å²) in [6, 6.07) is -0.419. The van der Waals surface area contributed by atoms with Gasteiger partial charge in [-0.2, -0.15) is 5.10 Å². The van der Waals surface area contributed by atoms with Gasteiger partial charge in [-0.15, -0.1) is 0 Å². The molecule has 21 heavy (non-hydrogen) atoms. The highest BCUT2D eigenvalue weighted by Crippen LogP contribution is 2.14. The van der Waals surface area contributed by atoms with Crippen LogP contribution < -0.4 is 4.72 Å². The third kappa shape index (κ3) is 5.21. The van der Waals surface area contributed by atoms with Gasteiger partial charge in [-0.1, -0.05) is 0 Å². The molecule has 0 spiro atoms. The summed E-state index contributed by atoms with van der Waals surface area (Å²) in [6.07, 6.45) is 3.08. The van der Waals surface area contributed by atoms with Crippen molar-refractivity contribution in [3.63, 3.8) is 0 Å². The Labute approximate surface area is 126 Å². The minimum Gasteiger partial charge on any atom is -0.462 e. The minimum atomic E-state index is -3.93. The maximum absolute atomic E-state index is 12.2. The monoisotopic (exact) mass is 337 g/mol. The smallest absolute Gasteiger partial charge is 0.342 e. The predicted molar refractivity (Wildman–Crippen MR) is 77.9 cm³/mol. The standard InChI is InChI=1S/C11H19N3O5S2/c1-4-19-11(15)9-7-12-13-10(9)21(17,18)14-8(2)5-6-20(3)16/h7-8,14H,4-6H2,1-3H3,(H,12,13). The fraction of sp³-hybridized carbons (Fsp3) is 0.636. The second kappa shape index (κ2) is 7.66. The molecule has 1 aromatic heterocycles. The molecule has 2 atom stereocenters. The number of nitrogens with one attached hydrogen (secondary N) is 2. The van der Waals surface area contributed by atoms with Crippen molar-refractivity contribution in [1.82, 2.24) is 14.9 Å². The van der Waals surface area contributed by atoms with Gasteiger partial charge in [0.15, 0.2) is 5.03 Å². The zero-order valence-electron chi connectivity index (χ0n) is 12.1. The lowest BCUT2D eigenvalue weighted by Gasteiger charge is -2.13. The number of aromatic amines is 1. The largest absolute Gasteiger partial charge is 0.462 e. The van der Waals surface area contributed by atoms with E-state index in [1.54, 1.807) is 20.1 Å². The van der Waals surface area contributed by atoms with Crippen molar-refractivity contribution in [2.75, 3.05) is 18.6 Å². The summed E-state index contributed by atoms with van der Waals surface area (Å²) < 4.78 is 42.6. The van der Waals surface area contributed by atoms with Crippen molar-refractivity contribution in [3.8, 4) is 0 Å². The maximum atomic E-state index is 12.2. The van der Waals surface area contributed by atoms with E-state index in [9.17, 15) is 17.4 Å². The normalized spacial score (nSPS) is 14.6. The second-order valence-corrected chi connectivity index (χ2v) is 7.63. The fourth-order valence-corrected chi connectivity index (χ4v) is 3.61. The van der Waals surface area contributed by atoms with E-state index in [0.717, 1.165) is 6.20 Å². The molecule has 1 heterocycles. The predicted octanol–water partition coefficient (Wildman–Crippen LogP) is 0.0218. The Morgan fingerprint density at radius 3 is 2.81 bits per heavy atom.